The van der Waals surface area contributed by atoms with Crippen molar-refractivity contribution in [3.8, 4) is 0 Å². The minimum absolute atomic E-state index is 0.174. The van der Waals surface area contributed by atoms with E-state index in [0.717, 1.165) is 16.8 Å². The number of carbonyl (C=O) groups excluding carboxylic acids is 1. The summed E-state index contributed by atoms with van der Waals surface area (Å²) in [6.45, 7) is 5.77. The number of carboxylic acids is 1. The summed E-state index contributed by atoms with van der Waals surface area (Å²) in [5.41, 5.74) is 2.38. The Kier molecular flexibility index (Phi) is 5.47. The van der Waals surface area contributed by atoms with E-state index in [1.165, 1.54) is 0 Å². The second-order valence-corrected chi connectivity index (χ2v) is 7.67. The topological polar surface area (TPSA) is 95.4 Å². The Balaban J connectivity index is 1.87. The minimum atomic E-state index is -1.11. The lowest BCUT2D eigenvalue weighted by molar-refractivity contribution is -0.148. The van der Waals surface area contributed by atoms with Gasteiger partial charge in [-0.1, -0.05) is 24.3 Å². The fraction of sp³-hybridized carbons (Fsp3) is 0.429. The molecular formula is C21H26N4O3. The van der Waals surface area contributed by atoms with Crippen LogP contribution < -0.4 is 5.32 Å². The van der Waals surface area contributed by atoms with Crippen LogP contribution in [0.2, 0.25) is 0 Å². The zero-order valence-corrected chi connectivity index (χ0v) is 16.6. The van der Waals surface area contributed by atoms with Gasteiger partial charge in [0.05, 0.1) is 30.0 Å². The van der Waals surface area contributed by atoms with E-state index in [9.17, 15) is 14.7 Å². The number of aromatic nitrogens is 2. The summed E-state index contributed by atoms with van der Waals surface area (Å²) in [4.78, 5) is 35.3. The molecule has 1 aliphatic heterocycles. The molecule has 1 amide bonds. The summed E-state index contributed by atoms with van der Waals surface area (Å²) in [7, 11) is 1.78. The molecule has 1 saturated heterocycles. The predicted molar refractivity (Wildman–Crippen MR) is 104 cm³/mol. The number of carboxylic acid groups (broad SMARTS) is 1. The van der Waals surface area contributed by atoms with Crippen molar-refractivity contribution in [3.63, 3.8) is 0 Å². The molecule has 1 aromatic heterocycles. The number of likely N-dealkylation sites (tertiary alicyclic amines) is 1. The molecule has 28 heavy (non-hydrogen) atoms. The van der Waals surface area contributed by atoms with Crippen LogP contribution in [0.5, 0.6) is 0 Å². The molecule has 0 radical (unpaired) electrons. The maximum Gasteiger partial charge on any atom is 0.323 e. The third kappa shape index (κ3) is 3.62. The molecule has 3 rings (SSSR count). The number of nitrogens with zero attached hydrogens (tertiary/aromatic N) is 3. The quantitative estimate of drug-likeness (QED) is 0.823. The monoisotopic (exact) mass is 382 g/mol. The Bertz CT molecular complexity index is 883. The first-order valence-electron chi connectivity index (χ1n) is 9.31. The number of benzene rings is 1. The largest absolute Gasteiger partial charge is 0.480 e. The fourth-order valence-corrected chi connectivity index (χ4v) is 3.90. The van der Waals surface area contributed by atoms with Gasteiger partial charge in [-0.3, -0.25) is 24.5 Å². The van der Waals surface area contributed by atoms with Gasteiger partial charge < -0.3 is 10.4 Å². The molecule has 7 nitrogen and oxygen atoms in total. The van der Waals surface area contributed by atoms with Crippen LogP contribution in [-0.4, -0.2) is 44.4 Å². The number of hydrogen-bond acceptors (Lipinski definition) is 5. The molecule has 0 spiro atoms. The maximum atomic E-state index is 13.1. The van der Waals surface area contributed by atoms with Crippen LogP contribution in [0.25, 0.3) is 0 Å². The highest BCUT2D eigenvalue weighted by atomic mass is 16.4. The summed E-state index contributed by atoms with van der Waals surface area (Å²) in [5.74, 6) is -1.58. The normalized spacial score (nSPS) is 24.9. The highest BCUT2D eigenvalue weighted by Gasteiger charge is 2.54. The highest BCUT2D eigenvalue weighted by molar-refractivity contribution is 5.85. The van der Waals surface area contributed by atoms with Gasteiger partial charge in [-0.2, -0.15) is 0 Å². The second-order valence-electron chi connectivity index (χ2n) is 7.67. The van der Waals surface area contributed by atoms with Crippen molar-refractivity contribution in [1.82, 2.24) is 20.2 Å². The zero-order chi connectivity index (χ0) is 20.5. The third-order valence-electron chi connectivity index (χ3n) is 5.78. The molecule has 2 N–H and O–H groups in total. The van der Waals surface area contributed by atoms with E-state index in [1.807, 2.05) is 43.0 Å². The third-order valence-corrected chi connectivity index (χ3v) is 5.78. The second kappa shape index (κ2) is 7.67. The number of hydrogen-bond donors (Lipinski definition) is 2. The number of aliphatic carboxylic acids is 1. The van der Waals surface area contributed by atoms with E-state index < -0.39 is 17.4 Å². The molecule has 148 valence electrons. The molecule has 7 heteroatoms. The van der Waals surface area contributed by atoms with E-state index in [4.69, 9.17) is 0 Å². The highest BCUT2D eigenvalue weighted by Crippen LogP contribution is 2.46. The van der Waals surface area contributed by atoms with Gasteiger partial charge in [-0.15, -0.1) is 0 Å². The fourth-order valence-electron chi connectivity index (χ4n) is 3.90. The van der Waals surface area contributed by atoms with Crippen molar-refractivity contribution in [2.45, 2.75) is 45.3 Å². The summed E-state index contributed by atoms with van der Waals surface area (Å²) in [6, 6.07) is 7.50. The van der Waals surface area contributed by atoms with Crippen LogP contribution in [0.4, 0.5) is 0 Å². The average molecular weight is 382 g/mol. The van der Waals surface area contributed by atoms with E-state index >= 15 is 0 Å². The van der Waals surface area contributed by atoms with Crippen molar-refractivity contribution < 1.29 is 14.7 Å². The van der Waals surface area contributed by atoms with E-state index in [0.29, 0.717) is 5.69 Å². The molecule has 1 aromatic carbocycles. The maximum absolute atomic E-state index is 13.1. The van der Waals surface area contributed by atoms with Crippen LogP contribution in [0.15, 0.2) is 36.7 Å². The first-order chi connectivity index (χ1) is 13.2. The molecule has 2 aromatic rings. The minimum Gasteiger partial charge on any atom is -0.480 e. The van der Waals surface area contributed by atoms with Crippen LogP contribution >= 0.6 is 0 Å². The van der Waals surface area contributed by atoms with Gasteiger partial charge >= 0.3 is 5.97 Å². The van der Waals surface area contributed by atoms with Crippen molar-refractivity contribution in [2.75, 3.05) is 7.05 Å². The standard InChI is InChI=1S/C21H26N4O3/c1-13-7-5-6-8-16(13)18-17(9-21(3,20(27)28)25(18)4)19(26)24-12-15-11-22-14(2)10-23-15/h5-8,10-11,17-18H,9,12H2,1-4H3,(H,24,26)(H,27,28)/t17?,18?,21-/m0/s1. The van der Waals surface area contributed by atoms with E-state index in [1.54, 1.807) is 26.4 Å². The number of aryl methyl sites for hydroxylation is 2. The summed E-state index contributed by atoms with van der Waals surface area (Å²) < 4.78 is 0. The molecule has 2 unspecified atom stereocenters. The Morgan fingerprint density at radius 1 is 1.25 bits per heavy atom. The smallest absolute Gasteiger partial charge is 0.323 e. The molecular weight excluding hydrogens is 356 g/mol. The van der Waals surface area contributed by atoms with Gasteiger partial charge in [0.2, 0.25) is 5.91 Å². The first kappa shape index (κ1) is 19.9. The Morgan fingerprint density at radius 2 is 1.96 bits per heavy atom. The predicted octanol–water partition coefficient (Wildman–Crippen LogP) is 2.25. The molecule has 1 fully saturated rings. The zero-order valence-electron chi connectivity index (χ0n) is 16.6. The van der Waals surface area contributed by atoms with Gasteiger partial charge in [-0.05, 0) is 45.4 Å². The van der Waals surface area contributed by atoms with Crippen molar-refractivity contribution >= 4 is 11.9 Å². The first-order valence-corrected chi connectivity index (χ1v) is 9.31. The molecule has 0 saturated carbocycles. The molecule has 2 heterocycles. The lowest BCUT2D eigenvalue weighted by atomic mass is 9.88. The molecule has 0 bridgehead atoms. The Morgan fingerprint density at radius 3 is 2.57 bits per heavy atom. The summed E-state index contributed by atoms with van der Waals surface area (Å²) in [5, 5.41) is 12.7. The number of nitrogens with one attached hydrogen (secondary N) is 1. The van der Waals surface area contributed by atoms with Gasteiger partial charge in [0, 0.05) is 12.2 Å². The van der Waals surface area contributed by atoms with Crippen LogP contribution in [0.3, 0.4) is 0 Å². The van der Waals surface area contributed by atoms with Crippen LogP contribution in [-0.2, 0) is 16.1 Å². The Hall–Kier alpha value is -2.80. The number of likely N-dealkylation sites (N-methyl/N-ethyl adjacent to an activating group) is 1. The van der Waals surface area contributed by atoms with Gasteiger partial charge in [-0.25, -0.2) is 0 Å². The number of carbonyl (C=O) groups is 2. The molecule has 0 aliphatic carbocycles. The SMILES string of the molecule is Cc1cnc(CNC(=O)C2C[C@@](C)(C(=O)O)N(C)C2c2ccccc2C)cn1. The average Bonchev–Trinajstić information content (AvgIpc) is 2.94. The summed E-state index contributed by atoms with van der Waals surface area (Å²) >= 11 is 0. The van der Waals surface area contributed by atoms with E-state index in [2.05, 4.69) is 15.3 Å². The van der Waals surface area contributed by atoms with E-state index in [-0.39, 0.29) is 24.9 Å². The number of amides is 1. The Labute approximate surface area is 164 Å². The van der Waals surface area contributed by atoms with Crippen LogP contribution in [0.1, 0.15) is 41.9 Å². The van der Waals surface area contributed by atoms with Gasteiger partial charge in [0.25, 0.3) is 0 Å². The van der Waals surface area contributed by atoms with Crippen molar-refractivity contribution in [3.05, 3.63) is 59.2 Å². The molecule has 1 aliphatic rings. The van der Waals surface area contributed by atoms with Gasteiger partial charge in [0.1, 0.15) is 5.54 Å². The van der Waals surface area contributed by atoms with Crippen molar-refractivity contribution in [2.24, 2.45) is 5.92 Å². The van der Waals surface area contributed by atoms with Gasteiger partial charge in [0.15, 0.2) is 0 Å². The lowest BCUT2D eigenvalue weighted by Crippen LogP contribution is -2.46. The number of rotatable bonds is 5. The summed E-state index contributed by atoms with van der Waals surface area (Å²) in [6.07, 6.45) is 3.53. The molecule has 3 atom stereocenters. The van der Waals surface area contributed by atoms with Crippen LogP contribution in [0, 0.1) is 19.8 Å². The lowest BCUT2D eigenvalue weighted by Gasteiger charge is -2.32. The van der Waals surface area contributed by atoms with Crippen molar-refractivity contribution in [1.29, 1.82) is 0 Å².